The van der Waals surface area contributed by atoms with Crippen molar-refractivity contribution in [3.05, 3.63) is 53.9 Å². The number of hydrogen-bond acceptors (Lipinski definition) is 4. The Morgan fingerprint density at radius 2 is 2.12 bits per heavy atom. The molecule has 1 saturated heterocycles. The van der Waals surface area contributed by atoms with Crippen LogP contribution < -0.4 is 10.2 Å². The van der Waals surface area contributed by atoms with E-state index in [9.17, 15) is 9.59 Å². The molecule has 0 aliphatic carbocycles. The summed E-state index contributed by atoms with van der Waals surface area (Å²) in [6.45, 7) is 2.08. The first-order valence-electron chi connectivity index (χ1n) is 8.39. The number of nitrogens with zero attached hydrogens (tertiary/aromatic N) is 3. The predicted octanol–water partition coefficient (Wildman–Crippen LogP) is 2.41. The Labute approximate surface area is 147 Å². The third-order valence-electron chi connectivity index (χ3n) is 4.36. The molecule has 3 rings (SSSR count). The van der Waals surface area contributed by atoms with Crippen molar-refractivity contribution in [2.24, 2.45) is 0 Å². The number of amides is 2. The third kappa shape index (κ3) is 4.15. The lowest BCUT2D eigenvalue weighted by atomic mass is 10.2. The van der Waals surface area contributed by atoms with Gasteiger partial charge in [-0.15, -0.1) is 0 Å². The number of aromatic nitrogens is 1. The molecule has 0 radical (unpaired) electrons. The number of nitrogens with one attached hydrogen (secondary N) is 1. The normalized spacial score (nSPS) is 13.8. The van der Waals surface area contributed by atoms with E-state index in [1.165, 1.54) is 0 Å². The second-order valence-electron chi connectivity index (χ2n) is 6.21. The molecule has 0 saturated carbocycles. The van der Waals surface area contributed by atoms with Crippen LogP contribution in [0.15, 0.2) is 42.6 Å². The Hall–Kier alpha value is -2.89. The molecular weight excluding hydrogens is 316 g/mol. The van der Waals surface area contributed by atoms with E-state index in [-0.39, 0.29) is 5.91 Å². The maximum atomic E-state index is 11.7. The van der Waals surface area contributed by atoms with E-state index in [0.717, 1.165) is 35.6 Å². The Morgan fingerprint density at radius 3 is 2.80 bits per heavy atom. The van der Waals surface area contributed by atoms with E-state index in [4.69, 9.17) is 0 Å². The number of carbonyl (C=O) groups excluding carboxylic acids is 2. The van der Waals surface area contributed by atoms with Crippen LogP contribution in [0.2, 0.25) is 0 Å². The SMILES string of the molecule is CN(Cc1ccc(CN2CCCC2=O)nc1)c1ccccc1NC=O. The second kappa shape index (κ2) is 7.79. The van der Waals surface area contributed by atoms with Gasteiger partial charge in [-0.2, -0.15) is 0 Å². The maximum Gasteiger partial charge on any atom is 0.222 e. The number of likely N-dealkylation sites (tertiary alicyclic amines) is 1. The molecule has 6 nitrogen and oxygen atoms in total. The fourth-order valence-electron chi connectivity index (χ4n) is 3.06. The van der Waals surface area contributed by atoms with Crippen molar-refractivity contribution >= 4 is 23.7 Å². The second-order valence-corrected chi connectivity index (χ2v) is 6.21. The number of carbonyl (C=O) groups is 2. The molecule has 0 spiro atoms. The summed E-state index contributed by atoms with van der Waals surface area (Å²) in [6.07, 6.45) is 4.12. The quantitative estimate of drug-likeness (QED) is 0.788. The predicted molar refractivity (Wildman–Crippen MR) is 97.1 cm³/mol. The molecule has 2 heterocycles. The molecule has 1 aromatic carbocycles. The minimum absolute atomic E-state index is 0.213. The number of anilines is 2. The molecule has 0 bridgehead atoms. The van der Waals surface area contributed by atoms with Gasteiger partial charge in [-0.25, -0.2) is 0 Å². The lowest BCUT2D eigenvalue weighted by molar-refractivity contribution is -0.128. The molecule has 1 N–H and O–H groups in total. The van der Waals surface area contributed by atoms with Crippen LogP contribution in [0, 0.1) is 0 Å². The van der Waals surface area contributed by atoms with Crippen molar-refractivity contribution in [2.45, 2.75) is 25.9 Å². The van der Waals surface area contributed by atoms with Gasteiger partial charge < -0.3 is 15.1 Å². The minimum Gasteiger partial charge on any atom is -0.369 e. The number of rotatable bonds is 7. The van der Waals surface area contributed by atoms with Crippen LogP contribution in [0.25, 0.3) is 0 Å². The third-order valence-corrected chi connectivity index (χ3v) is 4.36. The number of para-hydroxylation sites is 2. The molecule has 1 fully saturated rings. The van der Waals surface area contributed by atoms with Gasteiger partial charge in [-0.3, -0.25) is 14.6 Å². The van der Waals surface area contributed by atoms with Gasteiger partial charge in [0.1, 0.15) is 0 Å². The van der Waals surface area contributed by atoms with Crippen LogP contribution in [-0.2, 0) is 22.7 Å². The highest BCUT2D eigenvalue weighted by Gasteiger charge is 2.20. The standard InChI is InChI=1S/C19H22N4O2/c1-22(18-6-3-2-5-17(18)21-14-24)12-15-8-9-16(20-11-15)13-23-10-4-7-19(23)25/h2-3,5-6,8-9,11,14H,4,7,10,12-13H2,1H3,(H,21,24). The summed E-state index contributed by atoms with van der Waals surface area (Å²) >= 11 is 0. The van der Waals surface area contributed by atoms with Gasteiger partial charge in [0.25, 0.3) is 0 Å². The molecule has 6 heteroatoms. The van der Waals surface area contributed by atoms with Gasteiger partial charge in [-0.05, 0) is 30.2 Å². The molecule has 0 unspecified atom stereocenters. The first-order chi connectivity index (χ1) is 12.2. The number of benzene rings is 1. The minimum atomic E-state index is 0.213. The van der Waals surface area contributed by atoms with Gasteiger partial charge in [0.15, 0.2) is 0 Å². The smallest absolute Gasteiger partial charge is 0.222 e. The Morgan fingerprint density at radius 1 is 1.28 bits per heavy atom. The topological polar surface area (TPSA) is 65.5 Å². The number of hydrogen-bond donors (Lipinski definition) is 1. The zero-order valence-electron chi connectivity index (χ0n) is 14.3. The van der Waals surface area contributed by atoms with Crippen LogP contribution in [0.4, 0.5) is 11.4 Å². The van der Waals surface area contributed by atoms with E-state index in [2.05, 4.69) is 15.2 Å². The highest BCUT2D eigenvalue weighted by atomic mass is 16.2. The van der Waals surface area contributed by atoms with E-state index in [1.54, 1.807) is 0 Å². The molecule has 2 aromatic rings. The molecule has 1 aromatic heterocycles. The summed E-state index contributed by atoms with van der Waals surface area (Å²) in [4.78, 5) is 30.8. The van der Waals surface area contributed by atoms with Crippen molar-refractivity contribution in [3.8, 4) is 0 Å². The highest BCUT2D eigenvalue weighted by molar-refractivity contribution is 5.81. The van der Waals surface area contributed by atoms with Crippen LogP contribution in [0.5, 0.6) is 0 Å². The van der Waals surface area contributed by atoms with Crippen LogP contribution in [-0.4, -0.2) is 35.8 Å². The maximum absolute atomic E-state index is 11.7. The van der Waals surface area contributed by atoms with Crippen molar-refractivity contribution in [3.63, 3.8) is 0 Å². The largest absolute Gasteiger partial charge is 0.369 e. The molecule has 1 aliphatic heterocycles. The van der Waals surface area contributed by atoms with Gasteiger partial charge in [0, 0.05) is 32.8 Å². The average Bonchev–Trinajstić information content (AvgIpc) is 3.02. The first-order valence-corrected chi connectivity index (χ1v) is 8.39. The van der Waals surface area contributed by atoms with Gasteiger partial charge in [-0.1, -0.05) is 18.2 Å². The molecular formula is C19H22N4O2. The summed E-state index contributed by atoms with van der Waals surface area (Å²) in [7, 11) is 1.97. The Bertz CT molecular complexity index is 745. The Kier molecular flexibility index (Phi) is 5.28. The van der Waals surface area contributed by atoms with Crippen LogP contribution >= 0.6 is 0 Å². The summed E-state index contributed by atoms with van der Waals surface area (Å²) in [5, 5.41) is 2.72. The molecule has 0 atom stereocenters. The summed E-state index contributed by atoms with van der Waals surface area (Å²) < 4.78 is 0. The van der Waals surface area contributed by atoms with E-state index < -0.39 is 0 Å². The van der Waals surface area contributed by atoms with Crippen molar-refractivity contribution in [2.75, 3.05) is 23.8 Å². The van der Waals surface area contributed by atoms with Crippen LogP contribution in [0.1, 0.15) is 24.1 Å². The van der Waals surface area contributed by atoms with Gasteiger partial charge in [0.05, 0.1) is 23.6 Å². The van der Waals surface area contributed by atoms with E-state index in [0.29, 0.717) is 25.9 Å². The monoisotopic (exact) mass is 338 g/mol. The fraction of sp³-hybridized carbons (Fsp3) is 0.316. The van der Waals surface area contributed by atoms with Gasteiger partial charge >= 0.3 is 0 Å². The zero-order chi connectivity index (χ0) is 17.6. The van der Waals surface area contributed by atoms with E-state index >= 15 is 0 Å². The Balaban J connectivity index is 1.65. The van der Waals surface area contributed by atoms with Crippen LogP contribution in [0.3, 0.4) is 0 Å². The number of pyridine rings is 1. The molecule has 25 heavy (non-hydrogen) atoms. The van der Waals surface area contributed by atoms with Crippen molar-refractivity contribution in [1.29, 1.82) is 0 Å². The highest BCUT2D eigenvalue weighted by Crippen LogP contribution is 2.25. The lowest BCUT2D eigenvalue weighted by Gasteiger charge is -2.22. The average molecular weight is 338 g/mol. The zero-order valence-corrected chi connectivity index (χ0v) is 14.3. The van der Waals surface area contributed by atoms with E-state index in [1.807, 2.05) is 54.5 Å². The van der Waals surface area contributed by atoms with Crippen molar-refractivity contribution in [1.82, 2.24) is 9.88 Å². The molecule has 130 valence electrons. The summed E-state index contributed by atoms with van der Waals surface area (Å²) in [6, 6.07) is 11.7. The fourth-order valence-corrected chi connectivity index (χ4v) is 3.06. The molecule has 1 aliphatic rings. The summed E-state index contributed by atoms with van der Waals surface area (Å²) in [5.41, 5.74) is 3.70. The lowest BCUT2D eigenvalue weighted by Crippen LogP contribution is -2.24. The van der Waals surface area contributed by atoms with Crippen molar-refractivity contribution < 1.29 is 9.59 Å². The molecule has 2 amide bonds. The first kappa shape index (κ1) is 17.0. The van der Waals surface area contributed by atoms with Gasteiger partial charge in [0.2, 0.25) is 12.3 Å². The summed E-state index contributed by atoms with van der Waals surface area (Å²) in [5.74, 6) is 0.213.